The predicted molar refractivity (Wildman–Crippen MR) is 145 cm³/mol. The average molecular weight is 614 g/mol. The molecule has 0 aliphatic carbocycles. The van der Waals surface area contributed by atoms with Gasteiger partial charge < -0.3 is 25.9 Å². The fraction of sp³-hybridized carbons (Fsp3) is 0.450. The number of aromatic nitrogens is 4. The lowest BCUT2D eigenvalue weighted by Gasteiger charge is -2.49. The van der Waals surface area contributed by atoms with Crippen molar-refractivity contribution >= 4 is 80.9 Å². The van der Waals surface area contributed by atoms with Crippen LogP contribution in [0.3, 0.4) is 0 Å². The molecule has 1 fully saturated rings. The lowest BCUT2D eigenvalue weighted by Crippen LogP contribution is -2.71. The van der Waals surface area contributed by atoms with Crippen LogP contribution in [0.25, 0.3) is 0 Å². The number of carbonyl (C=O) groups excluding carboxylic acids is 3. The number of hydrogen-bond acceptors (Lipinski definition) is 15. The van der Waals surface area contributed by atoms with Crippen molar-refractivity contribution in [1.82, 2.24) is 34.7 Å². The summed E-state index contributed by atoms with van der Waals surface area (Å²) in [5.74, 6) is -2.44. The van der Waals surface area contributed by atoms with E-state index in [1.54, 1.807) is 5.51 Å². The molecule has 0 saturated carbocycles. The van der Waals surface area contributed by atoms with E-state index in [0.29, 0.717) is 34.5 Å². The van der Waals surface area contributed by atoms with E-state index < -0.39 is 35.8 Å². The molecule has 2 aromatic rings. The Bertz CT molecular complexity index is 1310. The highest BCUT2D eigenvalue weighted by Gasteiger charge is 2.54. The Balaban J connectivity index is 1.47. The van der Waals surface area contributed by atoms with Gasteiger partial charge in [0.05, 0.1) is 0 Å². The van der Waals surface area contributed by atoms with Crippen molar-refractivity contribution < 1.29 is 29.1 Å². The molecule has 2 aliphatic rings. The number of nitrogens with one attached hydrogen (secondary N) is 1. The van der Waals surface area contributed by atoms with Gasteiger partial charge in [-0.25, -0.2) is 4.79 Å². The molecule has 4 heterocycles. The Morgan fingerprint density at radius 1 is 1.36 bits per heavy atom. The minimum Gasteiger partial charge on any atom is -0.477 e. The molecule has 0 aromatic carbocycles. The number of β-lactam (4-membered cyclic amide) rings is 1. The van der Waals surface area contributed by atoms with Crippen LogP contribution in [0.1, 0.15) is 19.7 Å². The SMILES string of the molecule is CCN(CC)C(=O)CON=C(C(=O)NC1C(=O)N2C(C(=O)O)=C(CSc3nncs3)CS[C@H]12)c1nsc(N)n1. The fourth-order valence-corrected chi connectivity index (χ4v) is 7.12. The van der Waals surface area contributed by atoms with Crippen LogP contribution in [0.4, 0.5) is 5.13 Å². The molecule has 2 aromatic heterocycles. The number of nitrogens with zero attached hydrogens (tertiary/aromatic N) is 7. The predicted octanol–water partition coefficient (Wildman–Crippen LogP) is 0.0918. The van der Waals surface area contributed by atoms with Gasteiger partial charge in [-0.1, -0.05) is 28.3 Å². The number of rotatable bonds is 12. The molecule has 208 valence electrons. The van der Waals surface area contributed by atoms with Gasteiger partial charge >= 0.3 is 5.97 Å². The quantitative estimate of drug-likeness (QED) is 0.126. The number of anilines is 1. The molecule has 4 N–H and O–H groups in total. The molecule has 15 nitrogen and oxygen atoms in total. The van der Waals surface area contributed by atoms with Crippen LogP contribution in [0.5, 0.6) is 0 Å². The second-order valence-corrected chi connectivity index (χ2v) is 11.8. The van der Waals surface area contributed by atoms with E-state index >= 15 is 0 Å². The van der Waals surface area contributed by atoms with E-state index in [4.69, 9.17) is 10.6 Å². The van der Waals surface area contributed by atoms with Gasteiger partial charge in [-0.15, -0.1) is 22.0 Å². The number of fused-ring (bicyclic) bond motifs is 1. The van der Waals surface area contributed by atoms with Gasteiger partial charge in [-0.3, -0.25) is 19.3 Å². The topological polar surface area (TPSA) is 206 Å². The van der Waals surface area contributed by atoms with Crippen LogP contribution in [-0.2, 0) is 24.0 Å². The van der Waals surface area contributed by atoms with Gasteiger partial charge in [0.15, 0.2) is 16.1 Å². The molecule has 39 heavy (non-hydrogen) atoms. The first-order chi connectivity index (χ1) is 18.7. The molecule has 19 heteroatoms. The summed E-state index contributed by atoms with van der Waals surface area (Å²) in [6.07, 6.45) is 0. The van der Waals surface area contributed by atoms with E-state index in [2.05, 4.69) is 30.0 Å². The maximum atomic E-state index is 13.2. The van der Waals surface area contributed by atoms with Crippen LogP contribution >= 0.6 is 46.4 Å². The zero-order chi connectivity index (χ0) is 28.1. The van der Waals surface area contributed by atoms with E-state index in [-0.39, 0.29) is 28.3 Å². The molecule has 0 bridgehead atoms. The Morgan fingerprint density at radius 3 is 2.74 bits per heavy atom. The van der Waals surface area contributed by atoms with Crippen molar-refractivity contribution in [2.24, 2.45) is 5.16 Å². The minimum absolute atomic E-state index is 0.0774. The van der Waals surface area contributed by atoms with Crippen molar-refractivity contribution in [1.29, 1.82) is 0 Å². The molecule has 4 rings (SSSR count). The summed E-state index contributed by atoms with van der Waals surface area (Å²) in [4.78, 5) is 62.3. The minimum atomic E-state index is -1.23. The third-order valence-corrected chi connectivity index (χ3v) is 9.40. The largest absolute Gasteiger partial charge is 0.477 e. The second kappa shape index (κ2) is 12.7. The van der Waals surface area contributed by atoms with E-state index in [0.717, 1.165) is 11.5 Å². The molecule has 0 radical (unpaired) electrons. The highest BCUT2D eigenvalue weighted by Crippen LogP contribution is 2.41. The first-order valence-corrected chi connectivity index (χ1v) is 15.1. The van der Waals surface area contributed by atoms with Gasteiger partial charge in [0.1, 0.15) is 22.6 Å². The maximum Gasteiger partial charge on any atom is 0.352 e. The van der Waals surface area contributed by atoms with Crippen LogP contribution in [-0.4, -0.2) is 106 Å². The fourth-order valence-electron chi connectivity index (χ4n) is 3.71. The van der Waals surface area contributed by atoms with Crippen LogP contribution in [0, 0.1) is 0 Å². The number of nitrogens with two attached hydrogens (primary N) is 1. The van der Waals surface area contributed by atoms with E-state index in [1.807, 2.05) is 13.8 Å². The first-order valence-electron chi connectivity index (χ1n) is 11.4. The number of carbonyl (C=O) groups is 4. The number of hydrogen-bond donors (Lipinski definition) is 3. The van der Waals surface area contributed by atoms with Gasteiger partial charge in [0.25, 0.3) is 17.7 Å². The van der Waals surface area contributed by atoms with Crippen LogP contribution < -0.4 is 11.1 Å². The van der Waals surface area contributed by atoms with Gasteiger partial charge in [-0.2, -0.15) is 9.36 Å². The highest BCUT2D eigenvalue weighted by molar-refractivity contribution is 8.01. The summed E-state index contributed by atoms with van der Waals surface area (Å²) in [5.41, 5.74) is 7.32. The zero-order valence-electron chi connectivity index (χ0n) is 20.6. The van der Waals surface area contributed by atoms with Crippen LogP contribution in [0.15, 0.2) is 26.3 Å². The third kappa shape index (κ3) is 6.31. The molecule has 0 spiro atoms. The molecule has 1 saturated heterocycles. The summed E-state index contributed by atoms with van der Waals surface area (Å²) in [6.45, 7) is 4.18. The Labute approximate surface area is 238 Å². The Kier molecular flexibility index (Phi) is 9.36. The van der Waals surface area contributed by atoms with Crippen molar-refractivity contribution in [3.05, 3.63) is 22.6 Å². The average Bonchev–Trinajstić information content (AvgIpc) is 3.60. The Morgan fingerprint density at radius 2 is 2.13 bits per heavy atom. The summed E-state index contributed by atoms with van der Waals surface area (Å²) < 4.78 is 4.67. The zero-order valence-corrected chi connectivity index (χ0v) is 23.9. The van der Waals surface area contributed by atoms with E-state index in [9.17, 15) is 24.3 Å². The monoisotopic (exact) mass is 613 g/mol. The lowest BCUT2D eigenvalue weighted by molar-refractivity contribution is -0.150. The van der Waals surface area contributed by atoms with Gasteiger partial charge in [0.2, 0.25) is 11.5 Å². The number of thioether (sulfide) groups is 2. The Hall–Kier alpha value is -3.29. The highest BCUT2D eigenvalue weighted by atomic mass is 32.2. The van der Waals surface area contributed by atoms with E-state index in [1.165, 1.54) is 44.7 Å². The first kappa shape index (κ1) is 28.7. The third-order valence-electron chi connectivity index (χ3n) is 5.57. The van der Waals surface area contributed by atoms with Crippen molar-refractivity contribution in [3.63, 3.8) is 0 Å². The van der Waals surface area contributed by atoms with Crippen molar-refractivity contribution in [3.8, 4) is 0 Å². The number of aliphatic carboxylic acids is 1. The van der Waals surface area contributed by atoms with Crippen molar-refractivity contribution in [2.45, 2.75) is 29.6 Å². The molecule has 3 amide bonds. The summed E-state index contributed by atoms with van der Waals surface area (Å²) >= 11 is 4.83. The number of nitrogen functional groups attached to an aromatic ring is 1. The molecular weight excluding hydrogens is 591 g/mol. The smallest absolute Gasteiger partial charge is 0.352 e. The van der Waals surface area contributed by atoms with Crippen LogP contribution in [0.2, 0.25) is 0 Å². The molecule has 2 atom stereocenters. The number of oxime groups is 1. The van der Waals surface area contributed by atoms with Crippen molar-refractivity contribution in [2.75, 3.05) is 36.9 Å². The second-order valence-electron chi connectivity index (χ2n) is 7.85. The lowest BCUT2D eigenvalue weighted by atomic mass is 10.0. The number of likely N-dealkylation sites (N-methyl/N-ethyl adjacent to an activating group) is 1. The van der Waals surface area contributed by atoms with Gasteiger partial charge in [-0.05, 0) is 19.4 Å². The summed E-state index contributed by atoms with van der Waals surface area (Å²) in [6, 6.07) is -1.02. The molecular formula is C20H23N9O6S4. The van der Waals surface area contributed by atoms with Gasteiger partial charge in [0, 0.05) is 36.1 Å². The maximum absolute atomic E-state index is 13.2. The summed E-state index contributed by atoms with van der Waals surface area (Å²) in [5, 5.41) is 23.3. The number of carboxylic acids is 1. The molecule has 2 aliphatic heterocycles. The standard InChI is InChI=1S/C20H23N9O6S4/c1-3-28(4-2)10(30)5-35-26-11(14-24-19(21)39-27-14)15(31)23-12-16(32)29-13(18(33)34)9(6-36-17(12)29)7-37-20-25-22-8-38-20/h8,12,17H,3-7H2,1-2H3,(H,23,31)(H,33,34)(H2,21,24,27)/t12?,17-/m1/s1. The normalized spacial score (nSPS) is 18.9. The molecule has 1 unspecified atom stereocenters. The number of carboxylic acid groups (broad SMARTS) is 1. The number of amides is 3. The summed E-state index contributed by atoms with van der Waals surface area (Å²) in [7, 11) is 0.